The Morgan fingerprint density at radius 1 is 1.47 bits per heavy atom. The van der Waals surface area contributed by atoms with Crippen molar-refractivity contribution in [1.82, 2.24) is 9.88 Å². The van der Waals surface area contributed by atoms with Gasteiger partial charge in [-0.05, 0) is 39.4 Å². The molecule has 0 aliphatic heterocycles. The van der Waals surface area contributed by atoms with E-state index in [1.807, 2.05) is 32.9 Å². The molecule has 0 radical (unpaired) electrons. The molecule has 1 rings (SSSR count). The number of ether oxygens (including phenoxy) is 1. The van der Waals surface area contributed by atoms with Gasteiger partial charge in [0, 0.05) is 25.2 Å². The lowest BCUT2D eigenvalue weighted by molar-refractivity contribution is -0.133. The number of aromatic nitrogens is 1. The van der Waals surface area contributed by atoms with Crippen LogP contribution in [0, 0.1) is 6.92 Å². The second-order valence-electron chi connectivity index (χ2n) is 4.82. The largest absolute Gasteiger partial charge is 0.482 e. The molecule has 0 saturated heterocycles. The standard InChI is InChI=1S/C14H23N3O2/c1-10(2)17(4)14(18)9-19-13-6-5-11(3)16-12(13)7-8-15/h5-6,10H,7-9,15H2,1-4H3. The highest BCUT2D eigenvalue weighted by Crippen LogP contribution is 2.17. The number of rotatable bonds is 6. The molecule has 0 unspecified atom stereocenters. The Morgan fingerprint density at radius 2 is 2.16 bits per heavy atom. The molecule has 19 heavy (non-hydrogen) atoms. The van der Waals surface area contributed by atoms with Crippen molar-refractivity contribution in [2.45, 2.75) is 33.2 Å². The minimum Gasteiger partial charge on any atom is -0.482 e. The van der Waals surface area contributed by atoms with Gasteiger partial charge in [-0.1, -0.05) is 0 Å². The van der Waals surface area contributed by atoms with Gasteiger partial charge >= 0.3 is 0 Å². The van der Waals surface area contributed by atoms with Crippen molar-refractivity contribution in [3.63, 3.8) is 0 Å². The van der Waals surface area contributed by atoms with Crippen molar-refractivity contribution < 1.29 is 9.53 Å². The summed E-state index contributed by atoms with van der Waals surface area (Å²) in [6.45, 7) is 6.38. The Bertz CT molecular complexity index is 433. The van der Waals surface area contributed by atoms with Gasteiger partial charge in [-0.25, -0.2) is 0 Å². The maximum Gasteiger partial charge on any atom is 0.260 e. The smallest absolute Gasteiger partial charge is 0.260 e. The van der Waals surface area contributed by atoms with Crippen LogP contribution < -0.4 is 10.5 Å². The first kappa shape index (κ1) is 15.4. The number of hydrogen-bond acceptors (Lipinski definition) is 4. The van der Waals surface area contributed by atoms with E-state index in [9.17, 15) is 4.79 Å². The van der Waals surface area contributed by atoms with Crippen molar-refractivity contribution in [2.75, 3.05) is 20.2 Å². The number of carbonyl (C=O) groups is 1. The van der Waals surface area contributed by atoms with Gasteiger partial charge in [0.15, 0.2) is 6.61 Å². The molecule has 0 aliphatic rings. The third kappa shape index (κ3) is 4.52. The second kappa shape index (κ2) is 7.09. The number of hydrogen-bond donors (Lipinski definition) is 1. The summed E-state index contributed by atoms with van der Waals surface area (Å²) >= 11 is 0. The molecule has 1 heterocycles. The average Bonchev–Trinajstić information content (AvgIpc) is 2.36. The number of pyridine rings is 1. The topological polar surface area (TPSA) is 68.5 Å². The van der Waals surface area contributed by atoms with Crippen molar-refractivity contribution in [3.05, 3.63) is 23.5 Å². The number of nitrogens with zero attached hydrogens (tertiary/aromatic N) is 2. The van der Waals surface area contributed by atoms with Crippen molar-refractivity contribution in [2.24, 2.45) is 5.73 Å². The lowest BCUT2D eigenvalue weighted by Crippen LogP contribution is -2.36. The van der Waals surface area contributed by atoms with Crippen LogP contribution in [-0.2, 0) is 11.2 Å². The van der Waals surface area contributed by atoms with E-state index in [0.29, 0.717) is 18.7 Å². The highest BCUT2D eigenvalue weighted by atomic mass is 16.5. The summed E-state index contributed by atoms with van der Waals surface area (Å²) in [7, 11) is 1.77. The molecule has 0 spiro atoms. The monoisotopic (exact) mass is 265 g/mol. The third-order valence-electron chi connectivity index (χ3n) is 2.97. The highest BCUT2D eigenvalue weighted by Gasteiger charge is 2.14. The molecular weight excluding hydrogens is 242 g/mol. The molecule has 2 N–H and O–H groups in total. The quantitative estimate of drug-likeness (QED) is 0.837. The van der Waals surface area contributed by atoms with Gasteiger partial charge in [-0.15, -0.1) is 0 Å². The van der Waals surface area contributed by atoms with Crippen LogP contribution in [-0.4, -0.2) is 42.0 Å². The molecule has 0 aromatic carbocycles. The zero-order valence-electron chi connectivity index (χ0n) is 12.1. The normalized spacial score (nSPS) is 10.6. The first-order chi connectivity index (χ1) is 8.95. The van der Waals surface area contributed by atoms with E-state index in [0.717, 1.165) is 11.4 Å². The summed E-state index contributed by atoms with van der Waals surface area (Å²) < 4.78 is 5.57. The van der Waals surface area contributed by atoms with Gasteiger partial charge in [0.25, 0.3) is 5.91 Å². The van der Waals surface area contributed by atoms with E-state index < -0.39 is 0 Å². The van der Waals surface area contributed by atoms with Gasteiger partial charge in [-0.3, -0.25) is 9.78 Å². The Hall–Kier alpha value is -1.62. The summed E-state index contributed by atoms with van der Waals surface area (Å²) in [4.78, 5) is 17.9. The molecule has 5 heteroatoms. The number of aryl methyl sites for hydroxylation is 1. The van der Waals surface area contributed by atoms with Crippen LogP contribution in [0.25, 0.3) is 0 Å². The Labute approximate surface area is 114 Å². The Morgan fingerprint density at radius 3 is 2.74 bits per heavy atom. The summed E-state index contributed by atoms with van der Waals surface area (Å²) in [6, 6.07) is 3.87. The SMILES string of the molecule is Cc1ccc(OCC(=O)N(C)C(C)C)c(CCN)n1. The molecule has 1 aromatic rings. The third-order valence-corrected chi connectivity index (χ3v) is 2.97. The lowest BCUT2D eigenvalue weighted by atomic mass is 10.2. The minimum absolute atomic E-state index is 0.0248. The average molecular weight is 265 g/mol. The van der Waals surface area contributed by atoms with Gasteiger partial charge in [-0.2, -0.15) is 0 Å². The molecule has 1 aromatic heterocycles. The van der Waals surface area contributed by atoms with Crippen LogP contribution in [0.2, 0.25) is 0 Å². The maximum absolute atomic E-state index is 11.8. The van der Waals surface area contributed by atoms with Crippen molar-refractivity contribution in [1.29, 1.82) is 0 Å². The van der Waals surface area contributed by atoms with Crippen LogP contribution in [0.1, 0.15) is 25.2 Å². The fourth-order valence-electron chi connectivity index (χ4n) is 1.57. The number of likely N-dealkylation sites (N-methyl/N-ethyl adjacent to an activating group) is 1. The van der Waals surface area contributed by atoms with E-state index in [4.69, 9.17) is 10.5 Å². The molecule has 0 saturated carbocycles. The lowest BCUT2D eigenvalue weighted by Gasteiger charge is -2.21. The van der Waals surface area contributed by atoms with Crippen molar-refractivity contribution in [3.8, 4) is 5.75 Å². The Balaban J connectivity index is 2.69. The zero-order valence-corrected chi connectivity index (χ0v) is 12.1. The van der Waals surface area contributed by atoms with Crippen LogP contribution >= 0.6 is 0 Å². The first-order valence-electron chi connectivity index (χ1n) is 6.50. The van der Waals surface area contributed by atoms with E-state index in [-0.39, 0.29) is 18.6 Å². The minimum atomic E-state index is -0.0470. The fourth-order valence-corrected chi connectivity index (χ4v) is 1.57. The molecule has 0 atom stereocenters. The molecule has 5 nitrogen and oxygen atoms in total. The summed E-state index contributed by atoms with van der Waals surface area (Å²) in [5.74, 6) is 0.593. The van der Waals surface area contributed by atoms with Crippen LogP contribution in [0.4, 0.5) is 0 Å². The molecule has 0 bridgehead atoms. The molecule has 106 valence electrons. The molecule has 1 amide bonds. The summed E-state index contributed by atoms with van der Waals surface area (Å²) in [5, 5.41) is 0. The molecular formula is C14H23N3O2. The number of amides is 1. The molecule has 0 aliphatic carbocycles. The van der Waals surface area contributed by atoms with Crippen LogP contribution in [0.3, 0.4) is 0 Å². The van der Waals surface area contributed by atoms with E-state index in [2.05, 4.69) is 4.98 Å². The number of nitrogens with two attached hydrogens (primary N) is 1. The van der Waals surface area contributed by atoms with E-state index >= 15 is 0 Å². The van der Waals surface area contributed by atoms with Gasteiger partial charge in [0.2, 0.25) is 0 Å². The first-order valence-corrected chi connectivity index (χ1v) is 6.50. The van der Waals surface area contributed by atoms with Gasteiger partial charge in [0.1, 0.15) is 5.75 Å². The summed E-state index contributed by atoms with van der Waals surface area (Å²) in [5.41, 5.74) is 7.28. The molecule has 0 fully saturated rings. The van der Waals surface area contributed by atoms with Crippen LogP contribution in [0.5, 0.6) is 5.75 Å². The summed E-state index contributed by atoms with van der Waals surface area (Å²) in [6.07, 6.45) is 0.644. The predicted octanol–water partition coefficient (Wildman–Crippen LogP) is 1.14. The van der Waals surface area contributed by atoms with E-state index in [1.54, 1.807) is 11.9 Å². The fraction of sp³-hybridized carbons (Fsp3) is 0.571. The second-order valence-corrected chi connectivity index (χ2v) is 4.82. The number of carbonyl (C=O) groups excluding carboxylic acids is 1. The highest BCUT2D eigenvalue weighted by molar-refractivity contribution is 5.77. The van der Waals surface area contributed by atoms with Crippen LogP contribution in [0.15, 0.2) is 12.1 Å². The van der Waals surface area contributed by atoms with Gasteiger partial charge < -0.3 is 15.4 Å². The van der Waals surface area contributed by atoms with Crippen molar-refractivity contribution >= 4 is 5.91 Å². The van der Waals surface area contributed by atoms with Gasteiger partial charge in [0.05, 0.1) is 5.69 Å². The maximum atomic E-state index is 11.8. The zero-order chi connectivity index (χ0) is 14.4. The Kier molecular flexibility index (Phi) is 5.76. The van der Waals surface area contributed by atoms with E-state index in [1.165, 1.54) is 0 Å². The predicted molar refractivity (Wildman–Crippen MR) is 75.1 cm³/mol.